The number of benzene rings is 2. The van der Waals surface area contributed by atoms with Crippen molar-refractivity contribution >= 4 is 17.3 Å². The second-order valence-corrected chi connectivity index (χ2v) is 4.81. The number of anilines is 2. The first kappa shape index (κ1) is 16.7. The largest absolute Gasteiger partial charge is 0.478 e. The summed E-state index contributed by atoms with van der Waals surface area (Å²) in [6.45, 7) is 0.965. The number of rotatable bonds is 6. The molecule has 0 atom stereocenters. The highest BCUT2D eigenvalue weighted by Gasteiger charge is 2.29. The van der Waals surface area contributed by atoms with Crippen LogP contribution >= 0.6 is 0 Å². The molecule has 122 valence electrons. The second kappa shape index (κ2) is 7.04. The number of carboxylic acids is 1. The van der Waals surface area contributed by atoms with Crippen molar-refractivity contribution in [3.8, 4) is 0 Å². The molecule has 7 heteroatoms. The Morgan fingerprint density at radius 1 is 0.957 bits per heavy atom. The summed E-state index contributed by atoms with van der Waals surface area (Å²) in [5.74, 6) is -1.00. The molecule has 0 saturated carbocycles. The molecule has 0 aromatic heterocycles. The van der Waals surface area contributed by atoms with Crippen molar-refractivity contribution in [1.29, 1.82) is 0 Å². The van der Waals surface area contributed by atoms with Gasteiger partial charge in [-0.15, -0.1) is 0 Å². The Morgan fingerprint density at radius 2 is 1.57 bits per heavy atom. The maximum atomic E-state index is 12.4. The van der Waals surface area contributed by atoms with Gasteiger partial charge in [-0.3, -0.25) is 0 Å². The third-order valence-electron chi connectivity index (χ3n) is 3.10. The van der Waals surface area contributed by atoms with E-state index in [1.165, 1.54) is 24.3 Å². The lowest BCUT2D eigenvalue weighted by molar-refractivity contribution is -0.137. The highest BCUT2D eigenvalue weighted by molar-refractivity contribution is 5.88. The van der Waals surface area contributed by atoms with Gasteiger partial charge in [0.25, 0.3) is 0 Å². The summed E-state index contributed by atoms with van der Waals surface area (Å²) in [5.41, 5.74) is 0.746. The number of nitrogens with one attached hydrogen (secondary N) is 2. The van der Waals surface area contributed by atoms with E-state index in [0.29, 0.717) is 24.5 Å². The van der Waals surface area contributed by atoms with E-state index in [-0.39, 0.29) is 5.56 Å². The van der Waals surface area contributed by atoms with Gasteiger partial charge >= 0.3 is 12.1 Å². The fourth-order valence-electron chi connectivity index (χ4n) is 1.95. The van der Waals surface area contributed by atoms with E-state index in [2.05, 4.69) is 10.6 Å². The summed E-state index contributed by atoms with van der Waals surface area (Å²) in [4.78, 5) is 10.8. The zero-order chi connectivity index (χ0) is 16.9. The van der Waals surface area contributed by atoms with E-state index in [0.717, 1.165) is 12.1 Å². The van der Waals surface area contributed by atoms with Crippen LogP contribution in [0.4, 0.5) is 24.5 Å². The molecular weight excluding hydrogens is 309 g/mol. The van der Waals surface area contributed by atoms with Gasteiger partial charge in [0.15, 0.2) is 0 Å². The summed E-state index contributed by atoms with van der Waals surface area (Å²) < 4.78 is 37.3. The molecule has 3 N–H and O–H groups in total. The number of halogens is 3. The molecule has 2 rings (SSSR count). The molecular formula is C16H15F3N2O2. The minimum atomic E-state index is -4.34. The van der Waals surface area contributed by atoms with Crippen LogP contribution in [0.5, 0.6) is 0 Å². The fourth-order valence-corrected chi connectivity index (χ4v) is 1.95. The maximum absolute atomic E-state index is 12.4. The lowest BCUT2D eigenvalue weighted by atomic mass is 10.2. The van der Waals surface area contributed by atoms with Crippen LogP contribution in [0.1, 0.15) is 15.9 Å². The molecule has 0 heterocycles. The maximum Gasteiger partial charge on any atom is 0.416 e. The van der Waals surface area contributed by atoms with Gasteiger partial charge in [0.1, 0.15) is 0 Å². The Bertz CT molecular complexity index is 670. The quantitative estimate of drug-likeness (QED) is 0.705. The molecule has 23 heavy (non-hydrogen) atoms. The third-order valence-corrected chi connectivity index (χ3v) is 3.10. The highest BCUT2D eigenvalue weighted by Crippen LogP contribution is 2.29. The second-order valence-electron chi connectivity index (χ2n) is 4.81. The van der Waals surface area contributed by atoms with E-state index in [1.54, 1.807) is 12.1 Å². The lowest BCUT2D eigenvalue weighted by Crippen LogP contribution is -2.14. The molecule has 0 bridgehead atoms. The van der Waals surface area contributed by atoms with Crippen LogP contribution in [0.25, 0.3) is 0 Å². The summed E-state index contributed by atoms with van der Waals surface area (Å²) in [6, 6.07) is 11.2. The first-order valence-corrected chi connectivity index (χ1v) is 6.84. The molecule has 0 fully saturated rings. The monoisotopic (exact) mass is 324 g/mol. The molecule has 0 saturated heterocycles. The van der Waals surface area contributed by atoms with E-state index in [1.807, 2.05) is 0 Å². The van der Waals surface area contributed by atoms with Crippen LogP contribution in [-0.4, -0.2) is 24.2 Å². The standard InChI is InChI=1S/C16H15F3N2O2/c17-16(18,19)12-4-6-13(7-5-12)20-8-9-21-14-3-1-2-11(10-14)15(22)23/h1-7,10,20-21H,8-9H2,(H,22,23). The Labute approximate surface area is 131 Å². The number of carboxylic acid groups (broad SMARTS) is 1. The number of alkyl halides is 3. The molecule has 0 aliphatic heterocycles. The zero-order valence-corrected chi connectivity index (χ0v) is 12.0. The molecule has 0 unspecified atom stereocenters. The Hall–Kier alpha value is -2.70. The van der Waals surface area contributed by atoms with Gasteiger partial charge in [0.2, 0.25) is 0 Å². The van der Waals surface area contributed by atoms with Gasteiger partial charge in [-0.05, 0) is 42.5 Å². The minimum Gasteiger partial charge on any atom is -0.478 e. The Balaban J connectivity index is 1.81. The van der Waals surface area contributed by atoms with Crippen molar-refractivity contribution in [2.75, 3.05) is 23.7 Å². The van der Waals surface area contributed by atoms with Crippen LogP contribution in [0.3, 0.4) is 0 Å². The van der Waals surface area contributed by atoms with Crippen molar-refractivity contribution in [3.05, 3.63) is 59.7 Å². The van der Waals surface area contributed by atoms with Crippen molar-refractivity contribution in [2.24, 2.45) is 0 Å². The van der Waals surface area contributed by atoms with Gasteiger partial charge in [-0.25, -0.2) is 4.79 Å². The first-order chi connectivity index (χ1) is 10.9. The molecule has 4 nitrogen and oxygen atoms in total. The predicted molar refractivity (Wildman–Crippen MR) is 81.8 cm³/mol. The average Bonchev–Trinajstić information content (AvgIpc) is 2.51. The number of hydrogen-bond donors (Lipinski definition) is 3. The first-order valence-electron chi connectivity index (χ1n) is 6.84. The third kappa shape index (κ3) is 4.91. The number of aromatic carboxylic acids is 1. The summed E-state index contributed by atoms with van der Waals surface area (Å²) in [5, 5.41) is 14.9. The SMILES string of the molecule is O=C(O)c1cccc(NCCNc2ccc(C(F)(F)F)cc2)c1. The van der Waals surface area contributed by atoms with E-state index in [4.69, 9.17) is 5.11 Å². The molecule has 2 aromatic carbocycles. The van der Waals surface area contributed by atoms with Crippen LogP contribution < -0.4 is 10.6 Å². The predicted octanol–water partition coefficient (Wildman–Crippen LogP) is 3.93. The Kier molecular flexibility index (Phi) is 5.10. The van der Waals surface area contributed by atoms with Crippen LogP contribution in [0.2, 0.25) is 0 Å². The van der Waals surface area contributed by atoms with E-state index < -0.39 is 17.7 Å². The van der Waals surface area contributed by atoms with Crippen molar-refractivity contribution < 1.29 is 23.1 Å². The molecule has 0 aliphatic rings. The molecule has 0 aliphatic carbocycles. The minimum absolute atomic E-state index is 0.186. The fraction of sp³-hybridized carbons (Fsp3) is 0.188. The molecule has 0 spiro atoms. The Morgan fingerprint density at radius 3 is 2.13 bits per heavy atom. The van der Waals surface area contributed by atoms with Gasteiger partial charge in [0.05, 0.1) is 11.1 Å². The van der Waals surface area contributed by atoms with Crippen molar-refractivity contribution in [1.82, 2.24) is 0 Å². The van der Waals surface area contributed by atoms with E-state index >= 15 is 0 Å². The molecule has 0 amide bonds. The smallest absolute Gasteiger partial charge is 0.416 e. The van der Waals surface area contributed by atoms with Crippen LogP contribution in [0, 0.1) is 0 Å². The summed E-state index contributed by atoms with van der Waals surface area (Å²) in [6.07, 6.45) is -4.34. The topological polar surface area (TPSA) is 61.4 Å². The molecule has 2 aromatic rings. The number of carbonyl (C=O) groups is 1. The van der Waals surface area contributed by atoms with Crippen molar-refractivity contribution in [3.63, 3.8) is 0 Å². The number of hydrogen-bond acceptors (Lipinski definition) is 3. The zero-order valence-electron chi connectivity index (χ0n) is 12.0. The lowest BCUT2D eigenvalue weighted by Gasteiger charge is -2.11. The van der Waals surface area contributed by atoms with Gasteiger partial charge in [-0.2, -0.15) is 13.2 Å². The summed E-state index contributed by atoms with van der Waals surface area (Å²) >= 11 is 0. The van der Waals surface area contributed by atoms with Crippen LogP contribution in [-0.2, 0) is 6.18 Å². The highest BCUT2D eigenvalue weighted by atomic mass is 19.4. The van der Waals surface area contributed by atoms with Gasteiger partial charge in [-0.1, -0.05) is 6.07 Å². The van der Waals surface area contributed by atoms with E-state index in [9.17, 15) is 18.0 Å². The molecule has 0 radical (unpaired) electrons. The van der Waals surface area contributed by atoms with Gasteiger partial charge in [0, 0.05) is 24.5 Å². The van der Waals surface area contributed by atoms with Crippen LogP contribution in [0.15, 0.2) is 48.5 Å². The van der Waals surface area contributed by atoms with Gasteiger partial charge < -0.3 is 15.7 Å². The normalized spacial score (nSPS) is 11.1. The summed E-state index contributed by atoms with van der Waals surface area (Å²) in [7, 11) is 0. The van der Waals surface area contributed by atoms with Crippen molar-refractivity contribution in [2.45, 2.75) is 6.18 Å². The average molecular weight is 324 g/mol.